The van der Waals surface area contributed by atoms with Crippen molar-refractivity contribution in [2.75, 3.05) is 0 Å². The Hall–Kier alpha value is -1.61. The van der Waals surface area contributed by atoms with Crippen LogP contribution in [0.4, 0.5) is 0 Å². The van der Waals surface area contributed by atoms with Crippen LogP contribution in [0.1, 0.15) is 36.1 Å². The molecule has 0 saturated carbocycles. The number of nitrogens with two attached hydrogens (primary N) is 1. The molecule has 0 aliphatic carbocycles. The Morgan fingerprint density at radius 1 is 1.32 bits per heavy atom. The van der Waals surface area contributed by atoms with E-state index in [1.807, 2.05) is 10.9 Å². The third-order valence-corrected chi connectivity index (χ3v) is 3.59. The molecule has 0 bridgehead atoms. The molecule has 2 N–H and O–H groups in total. The first-order valence-corrected chi connectivity index (χ1v) is 6.80. The van der Waals surface area contributed by atoms with Gasteiger partial charge in [-0.15, -0.1) is 0 Å². The Bertz CT molecular complexity index is 567. The summed E-state index contributed by atoms with van der Waals surface area (Å²) in [6, 6.07) is 6.47. The molecule has 1 heterocycles. The first-order valence-electron chi connectivity index (χ1n) is 6.80. The number of aromatic nitrogens is 2. The van der Waals surface area contributed by atoms with Gasteiger partial charge in [-0.05, 0) is 50.8 Å². The topological polar surface area (TPSA) is 43.8 Å². The van der Waals surface area contributed by atoms with E-state index in [1.54, 1.807) is 0 Å². The van der Waals surface area contributed by atoms with Gasteiger partial charge < -0.3 is 5.73 Å². The number of hydrogen-bond acceptors (Lipinski definition) is 2. The van der Waals surface area contributed by atoms with Gasteiger partial charge in [-0.25, -0.2) is 0 Å². The lowest BCUT2D eigenvalue weighted by Crippen LogP contribution is -2.36. The van der Waals surface area contributed by atoms with Gasteiger partial charge in [0.15, 0.2) is 0 Å². The molecule has 1 aromatic heterocycles. The highest BCUT2D eigenvalue weighted by Crippen LogP contribution is 2.26. The summed E-state index contributed by atoms with van der Waals surface area (Å²) in [7, 11) is 0. The molecule has 2 rings (SSSR count). The van der Waals surface area contributed by atoms with Gasteiger partial charge in [0.2, 0.25) is 0 Å². The Morgan fingerprint density at radius 2 is 2.05 bits per heavy atom. The zero-order valence-electron chi connectivity index (χ0n) is 12.3. The van der Waals surface area contributed by atoms with E-state index in [2.05, 4.69) is 57.2 Å². The van der Waals surface area contributed by atoms with Crippen molar-refractivity contribution in [2.45, 2.75) is 46.2 Å². The maximum Gasteiger partial charge on any atom is 0.0522 e. The molecule has 3 heteroatoms. The summed E-state index contributed by atoms with van der Waals surface area (Å²) in [5.74, 6) is 0. The quantitative estimate of drug-likeness (QED) is 0.915. The average molecular weight is 257 g/mol. The van der Waals surface area contributed by atoms with Crippen LogP contribution in [0, 0.1) is 13.8 Å². The van der Waals surface area contributed by atoms with Crippen molar-refractivity contribution in [3.63, 3.8) is 0 Å². The molecule has 0 amide bonds. The van der Waals surface area contributed by atoms with Crippen molar-refractivity contribution in [3.05, 3.63) is 52.8 Å². The zero-order valence-corrected chi connectivity index (χ0v) is 12.3. The predicted octanol–water partition coefficient (Wildman–Crippen LogP) is 2.94. The van der Waals surface area contributed by atoms with Crippen molar-refractivity contribution < 1.29 is 0 Å². The minimum Gasteiger partial charge on any atom is -0.321 e. The van der Waals surface area contributed by atoms with Gasteiger partial charge in [0.05, 0.1) is 6.20 Å². The molecule has 2 aromatic rings. The molecule has 0 aliphatic rings. The summed E-state index contributed by atoms with van der Waals surface area (Å²) in [5.41, 5.74) is 11.1. The fraction of sp³-hybridized carbons (Fsp3) is 0.438. The molecular formula is C16H23N3. The van der Waals surface area contributed by atoms with Crippen molar-refractivity contribution in [2.24, 2.45) is 5.73 Å². The fourth-order valence-corrected chi connectivity index (χ4v) is 2.54. The molecule has 0 radical (unpaired) electrons. The largest absolute Gasteiger partial charge is 0.321 e. The van der Waals surface area contributed by atoms with Crippen LogP contribution >= 0.6 is 0 Å². The molecule has 1 unspecified atom stereocenters. The molecule has 0 aliphatic heterocycles. The van der Waals surface area contributed by atoms with Crippen LogP contribution in [0.2, 0.25) is 0 Å². The van der Waals surface area contributed by atoms with Crippen LogP contribution < -0.4 is 5.73 Å². The lowest BCUT2D eigenvalue weighted by atomic mass is 9.84. The van der Waals surface area contributed by atoms with Gasteiger partial charge in [0.25, 0.3) is 0 Å². The van der Waals surface area contributed by atoms with E-state index in [0.717, 1.165) is 13.0 Å². The van der Waals surface area contributed by atoms with Crippen LogP contribution in [0.3, 0.4) is 0 Å². The van der Waals surface area contributed by atoms with Gasteiger partial charge >= 0.3 is 0 Å². The van der Waals surface area contributed by atoms with Crippen LogP contribution in [0.25, 0.3) is 0 Å². The van der Waals surface area contributed by atoms with Gasteiger partial charge in [-0.2, -0.15) is 5.10 Å². The van der Waals surface area contributed by atoms with Gasteiger partial charge in [-0.1, -0.05) is 23.8 Å². The summed E-state index contributed by atoms with van der Waals surface area (Å²) in [5, 5.41) is 4.31. The normalized spacial score (nSPS) is 14.4. The van der Waals surface area contributed by atoms with Crippen molar-refractivity contribution >= 4 is 0 Å². The van der Waals surface area contributed by atoms with Crippen LogP contribution in [-0.4, -0.2) is 9.78 Å². The van der Waals surface area contributed by atoms with Crippen molar-refractivity contribution in [3.8, 4) is 0 Å². The van der Waals surface area contributed by atoms with Crippen LogP contribution in [0.15, 0.2) is 30.6 Å². The molecule has 1 atom stereocenters. The highest BCUT2D eigenvalue weighted by atomic mass is 15.3. The molecule has 0 spiro atoms. The lowest BCUT2D eigenvalue weighted by Gasteiger charge is -2.27. The molecule has 1 aromatic carbocycles. The number of aryl methyl sites for hydroxylation is 3. The maximum atomic E-state index is 6.55. The first kappa shape index (κ1) is 13.8. The predicted molar refractivity (Wildman–Crippen MR) is 79.1 cm³/mol. The Morgan fingerprint density at radius 3 is 2.68 bits per heavy atom. The highest BCUT2D eigenvalue weighted by molar-refractivity contribution is 5.36. The zero-order chi connectivity index (χ0) is 14.0. The van der Waals surface area contributed by atoms with Gasteiger partial charge in [0, 0.05) is 18.3 Å². The second-order valence-corrected chi connectivity index (χ2v) is 5.62. The van der Waals surface area contributed by atoms with E-state index in [4.69, 9.17) is 5.73 Å². The number of hydrogen-bond donors (Lipinski definition) is 1. The summed E-state index contributed by atoms with van der Waals surface area (Å²) in [4.78, 5) is 0. The van der Waals surface area contributed by atoms with E-state index in [0.29, 0.717) is 0 Å². The van der Waals surface area contributed by atoms with Gasteiger partial charge in [0.1, 0.15) is 0 Å². The fourth-order valence-electron chi connectivity index (χ4n) is 2.54. The van der Waals surface area contributed by atoms with E-state index < -0.39 is 0 Å². The van der Waals surface area contributed by atoms with Crippen LogP contribution in [0.5, 0.6) is 0 Å². The number of nitrogens with zero attached hydrogens (tertiary/aromatic N) is 2. The van der Waals surface area contributed by atoms with Gasteiger partial charge in [-0.3, -0.25) is 4.68 Å². The Labute approximate surface area is 115 Å². The highest BCUT2D eigenvalue weighted by Gasteiger charge is 2.24. The summed E-state index contributed by atoms with van der Waals surface area (Å²) >= 11 is 0. The summed E-state index contributed by atoms with van der Waals surface area (Å²) < 4.78 is 1.94. The second-order valence-electron chi connectivity index (χ2n) is 5.62. The first-order chi connectivity index (χ1) is 8.92. The monoisotopic (exact) mass is 257 g/mol. The standard InChI is InChI=1S/C16H23N3/c1-5-19-11-14(10-18-19)9-16(4,17)15-8-12(2)6-7-13(15)3/h6-8,10-11H,5,9,17H2,1-4H3. The lowest BCUT2D eigenvalue weighted by molar-refractivity contribution is 0.488. The van der Waals surface area contributed by atoms with Crippen molar-refractivity contribution in [1.29, 1.82) is 0 Å². The third kappa shape index (κ3) is 3.04. The number of rotatable bonds is 4. The van der Waals surface area contributed by atoms with E-state index in [1.165, 1.54) is 22.3 Å². The van der Waals surface area contributed by atoms with E-state index in [-0.39, 0.29) is 5.54 Å². The summed E-state index contributed by atoms with van der Waals surface area (Å²) in [6.45, 7) is 9.30. The maximum absolute atomic E-state index is 6.55. The van der Waals surface area contributed by atoms with Crippen molar-refractivity contribution in [1.82, 2.24) is 9.78 Å². The molecule has 19 heavy (non-hydrogen) atoms. The molecule has 3 nitrogen and oxygen atoms in total. The Balaban J connectivity index is 2.28. The second kappa shape index (κ2) is 5.17. The molecular weight excluding hydrogens is 234 g/mol. The summed E-state index contributed by atoms with van der Waals surface area (Å²) in [6.07, 6.45) is 4.80. The van der Waals surface area contributed by atoms with E-state index in [9.17, 15) is 0 Å². The molecule has 0 saturated heterocycles. The molecule has 102 valence electrons. The minimum absolute atomic E-state index is 0.363. The minimum atomic E-state index is -0.363. The Kier molecular flexibility index (Phi) is 3.76. The average Bonchev–Trinajstić information content (AvgIpc) is 2.79. The number of benzene rings is 1. The van der Waals surface area contributed by atoms with E-state index >= 15 is 0 Å². The third-order valence-electron chi connectivity index (χ3n) is 3.59. The SMILES string of the molecule is CCn1cc(CC(C)(N)c2cc(C)ccc2C)cn1. The molecule has 0 fully saturated rings. The smallest absolute Gasteiger partial charge is 0.0522 e. The van der Waals surface area contributed by atoms with Crippen LogP contribution in [-0.2, 0) is 18.5 Å².